The third-order valence-corrected chi connectivity index (χ3v) is 3.61. The quantitative estimate of drug-likeness (QED) is 0.793. The highest BCUT2D eigenvalue weighted by atomic mass is 19.1. The first-order valence-electron chi connectivity index (χ1n) is 7.09. The Labute approximate surface area is 123 Å². The maximum atomic E-state index is 13.8. The topological polar surface area (TPSA) is 70.2 Å². The van der Waals surface area contributed by atoms with Gasteiger partial charge in [0.15, 0.2) is 0 Å². The lowest BCUT2D eigenvalue weighted by Crippen LogP contribution is -2.52. The Morgan fingerprint density at radius 2 is 2.14 bits per heavy atom. The minimum absolute atomic E-state index is 0.0185. The molecular formula is C15H20FN3O2. The van der Waals surface area contributed by atoms with Gasteiger partial charge in [-0.3, -0.25) is 9.59 Å². The first-order chi connectivity index (χ1) is 9.97. The molecule has 1 aliphatic heterocycles. The average molecular weight is 293 g/mol. The maximum absolute atomic E-state index is 13.8. The van der Waals surface area contributed by atoms with Gasteiger partial charge in [0.2, 0.25) is 5.91 Å². The van der Waals surface area contributed by atoms with Crippen LogP contribution in [0.3, 0.4) is 0 Å². The number of nitrogens with one attached hydrogen (secondary N) is 3. The third-order valence-electron chi connectivity index (χ3n) is 3.61. The van der Waals surface area contributed by atoms with Crippen LogP contribution in [-0.2, 0) is 4.79 Å². The maximum Gasteiger partial charge on any atom is 0.254 e. The third kappa shape index (κ3) is 4.01. The molecule has 2 rings (SSSR count). The molecule has 2 atom stereocenters. The van der Waals surface area contributed by atoms with Crippen molar-refractivity contribution >= 4 is 17.5 Å². The van der Waals surface area contributed by atoms with Gasteiger partial charge in [-0.05, 0) is 44.5 Å². The molecule has 21 heavy (non-hydrogen) atoms. The number of halogens is 1. The Bertz CT molecular complexity index is 548. The predicted octanol–water partition coefficient (Wildman–Crippen LogP) is 1.65. The highest BCUT2D eigenvalue weighted by Gasteiger charge is 2.24. The second-order valence-corrected chi connectivity index (χ2v) is 5.34. The zero-order chi connectivity index (χ0) is 15.4. The summed E-state index contributed by atoms with van der Waals surface area (Å²) < 4.78 is 13.8. The van der Waals surface area contributed by atoms with E-state index in [0.29, 0.717) is 5.69 Å². The van der Waals surface area contributed by atoms with Crippen LogP contribution in [0, 0.1) is 5.82 Å². The van der Waals surface area contributed by atoms with Crippen LogP contribution in [0.2, 0.25) is 0 Å². The SMILES string of the molecule is CC(=O)Nc1ccc(F)c(C(=O)NC2CCCNC2C)c1. The number of carbonyl (C=O) groups is 2. The van der Waals surface area contributed by atoms with Gasteiger partial charge in [0.1, 0.15) is 5.82 Å². The summed E-state index contributed by atoms with van der Waals surface area (Å²) in [4.78, 5) is 23.3. The van der Waals surface area contributed by atoms with Gasteiger partial charge in [-0.15, -0.1) is 0 Å². The number of benzene rings is 1. The fraction of sp³-hybridized carbons (Fsp3) is 0.467. The molecular weight excluding hydrogens is 273 g/mol. The summed E-state index contributed by atoms with van der Waals surface area (Å²) in [6.45, 7) is 4.28. The molecule has 0 spiro atoms. The van der Waals surface area contributed by atoms with Crippen molar-refractivity contribution in [3.8, 4) is 0 Å². The van der Waals surface area contributed by atoms with Crippen LogP contribution < -0.4 is 16.0 Å². The summed E-state index contributed by atoms with van der Waals surface area (Å²) in [5.74, 6) is -1.32. The molecule has 2 amide bonds. The standard InChI is InChI=1S/C15H20FN3O2/c1-9-14(4-3-7-17-9)19-15(21)12-8-11(18-10(2)20)5-6-13(12)16/h5-6,8-9,14,17H,3-4,7H2,1-2H3,(H,18,20)(H,19,21). The molecule has 0 saturated carbocycles. The molecule has 0 aromatic heterocycles. The van der Waals surface area contributed by atoms with Crippen molar-refractivity contribution in [3.05, 3.63) is 29.6 Å². The molecule has 0 radical (unpaired) electrons. The number of carbonyl (C=O) groups excluding carboxylic acids is 2. The van der Waals surface area contributed by atoms with Crippen LogP contribution in [0.25, 0.3) is 0 Å². The number of rotatable bonds is 3. The molecule has 1 aromatic rings. The first-order valence-corrected chi connectivity index (χ1v) is 7.09. The Balaban J connectivity index is 2.12. The van der Waals surface area contributed by atoms with Crippen LogP contribution >= 0.6 is 0 Å². The Kier molecular flexibility index (Phi) is 4.90. The van der Waals surface area contributed by atoms with Crippen molar-refractivity contribution in [3.63, 3.8) is 0 Å². The highest BCUT2D eigenvalue weighted by Crippen LogP contribution is 2.16. The van der Waals surface area contributed by atoms with Crippen LogP contribution in [0.4, 0.5) is 10.1 Å². The minimum atomic E-state index is -0.599. The molecule has 5 nitrogen and oxygen atoms in total. The molecule has 1 saturated heterocycles. The smallest absolute Gasteiger partial charge is 0.254 e. The zero-order valence-corrected chi connectivity index (χ0v) is 12.2. The zero-order valence-electron chi connectivity index (χ0n) is 12.2. The lowest BCUT2D eigenvalue weighted by atomic mass is 9.99. The lowest BCUT2D eigenvalue weighted by molar-refractivity contribution is -0.114. The van der Waals surface area contributed by atoms with Gasteiger partial charge in [0, 0.05) is 24.7 Å². The minimum Gasteiger partial charge on any atom is -0.348 e. The fourth-order valence-corrected chi connectivity index (χ4v) is 2.47. The summed E-state index contributed by atoms with van der Waals surface area (Å²) in [5, 5.41) is 8.67. The molecule has 1 heterocycles. The summed E-state index contributed by atoms with van der Waals surface area (Å²) in [6.07, 6.45) is 1.84. The van der Waals surface area contributed by atoms with Crippen molar-refractivity contribution in [2.45, 2.75) is 38.8 Å². The van der Waals surface area contributed by atoms with Gasteiger partial charge in [-0.2, -0.15) is 0 Å². The fourth-order valence-electron chi connectivity index (χ4n) is 2.47. The van der Waals surface area contributed by atoms with Crippen molar-refractivity contribution in [2.75, 3.05) is 11.9 Å². The molecule has 0 bridgehead atoms. The normalized spacial score (nSPS) is 21.7. The van der Waals surface area contributed by atoms with Crippen LogP contribution in [-0.4, -0.2) is 30.4 Å². The van der Waals surface area contributed by atoms with Gasteiger partial charge in [-0.1, -0.05) is 0 Å². The first kappa shape index (κ1) is 15.4. The van der Waals surface area contributed by atoms with Crippen LogP contribution in [0.15, 0.2) is 18.2 Å². The van der Waals surface area contributed by atoms with E-state index in [0.717, 1.165) is 19.4 Å². The van der Waals surface area contributed by atoms with E-state index in [4.69, 9.17) is 0 Å². The van der Waals surface area contributed by atoms with Gasteiger partial charge >= 0.3 is 0 Å². The van der Waals surface area contributed by atoms with Crippen LogP contribution in [0.5, 0.6) is 0 Å². The molecule has 6 heteroatoms. The van der Waals surface area contributed by atoms with E-state index in [1.54, 1.807) is 0 Å². The molecule has 0 aliphatic carbocycles. The van der Waals surface area contributed by atoms with E-state index in [1.807, 2.05) is 6.92 Å². The van der Waals surface area contributed by atoms with E-state index < -0.39 is 11.7 Å². The van der Waals surface area contributed by atoms with Crippen molar-refractivity contribution in [1.29, 1.82) is 0 Å². The van der Waals surface area contributed by atoms with Gasteiger partial charge in [0.25, 0.3) is 5.91 Å². The van der Waals surface area contributed by atoms with E-state index in [-0.39, 0.29) is 23.6 Å². The van der Waals surface area contributed by atoms with Gasteiger partial charge in [-0.25, -0.2) is 4.39 Å². The van der Waals surface area contributed by atoms with Crippen LogP contribution in [0.1, 0.15) is 37.0 Å². The molecule has 1 aliphatic rings. The van der Waals surface area contributed by atoms with Gasteiger partial charge < -0.3 is 16.0 Å². The van der Waals surface area contributed by atoms with Crippen molar-refractivity contribution in [2.24, 2.45) is 0 Å². The number of hydrogen-bond acceptors (Lipinski definition) is 3. The highest BCUT2D eigenvalue weighted by molar-refractivity contribution is 5.97. The Morgan fingerprint density at radius 1 is 1.38 bits per heavy atom. The van der Waals surface area contributed by atoms with Gasteiger partial charge in [0.05, 0.1) is 5.56 Å². The predicted molar refractivity (Wildman–Crippen MR) is 78.7 cm³/mol. The number of amides is 2. The van der Waals surface area contributed by atoms with E-state index in [2.05, 4.69) is 16.0 Å². The summed E-state index contributed by atoms with van der Waals surface area (Å²) >= 11 is 0. The summed E-state index contributed by atoms with van der Waals surface area (Å²) in [6, 6.07) is 4.10. The summed E-state index contributed by atoms with van der Waals surface area (Å²) in [5.41, 5.74) is 0.350. The largest absolute Gasteiger partial charge is 0.348 e. The summed E-state index contributed by atoms with van der Waals surface area (Å²) in [7, 11) is 0. The second-order valence-electron chi connectivity index (χ2n) is 5.34. The molecule has 3 N–H and O–H groups in total. The number of anilines is 1. The average Bonchev–Trinajstić information content (AvgIpc) is 2.43. The van der Waals surface area contributed by atoms with E-state index >= 15 is 0 Å². The van der Waals surface area contributed by atoms with E-state index in [9.17, 15) is 14.0 Å². The Morgan fingerprint density at radius 3 is 2.81 bits per heavy atom. The molecule has 114 valence electrons. The number of hydrogen-bond donors (Lipinski definition) is 3. The van der Waals surface area contributed by atoms with Crippen molar-refractivity contribution < 1.29 is 14.0 Å². The molecule has 1 aromatic carbocycles. The lowest BCUT2D eigenvalue weighted by Gasteiger charge is -2.30. The van der Waals surface area contributed by atoms with E-state index in [1.165, 1.54) is 25.1 Å². The van der Waals surface area contributed by atoms with Crippen molar-refractivity contribution in [1.82, 2.24) is 10.6 Å². The molecule has 1 fully saturated rings. The monoisotopic (exact) mass is 293 g/mol. The second kappa shape index (κ2) is 6.67. The Hall–Kier alpha value is -1.95. The molecule has 2 unspecified atom stereocenters. The number of piperidine rings is 1.